The molecule has 0 radical (unpaired) electrons. The molecule has 0 aliphatic carbocycles. The normalized spacial score (nSPS) is 14.5. The Hall–Kier alpha value is -2.55. The summed E-state index contributed by atoms with van der Waals surface area (Å²) in [6.07, 6.45) is 2.60. The average molecular weight is 352 g/mol. The maximum Gasteiger partial charge on any atom is 0.331 e. The van der Waals surface area contributed by atoms with Crippen LogP contribution in [0.1, 0.15) is 11.5 Å². The lowest BCUT2D eigenvalue weighted by atomic mass is 10.4. The van der Waals surface area contributed by atoms with Crippen molar-refractivity contribution in [2.75, 3.05) is 25.4 Å². The van der Waals surface area contributed by atoms with Gasteiger partial charge in [-0.3, -0.25) is 19.3 Å². The van der Waals surface area contributed by atoms with Crippen LogP contribution in [0.4, 0.5) is 4.79 Å². The van der Waals surface area contributed by atoms with Gasteiger partial charge in [0, 0.05) is 19.2 Å². The van der Waals surface area contributed by atoms with Crippen molar-refractivity contribution in [3.8, 4) is 0 Å². The Labute approximate surface area is 142 Å². The molecule has 3 amide bonds. The monoisotopic (exact) mass is 352 g/mol. The predicted molar refractivity (Wildman–Crippen MR) is 86.0 cm³/mol. The lowest BCUT2D eigenvalue weighted by molar-refractivity contribution is -0.143. The van der Waals surface area contributed by atoms with Crippen LogP contribution < -0.4 is 5.32 Å². The number of carbonyl (C=O) groups is 4. The number of esters is 1. The summed E-state index contributed by atoms with van der Waals surface area (Å²) in [5.74, 6) is -0.115. The van der Waals surface area contributed by atoms with Crippen LogP contribution in [0.3, 0.4) is 0 Å². The molecule has 0 atom stereocenters. The number of aryl methyl sites for hydroxylation is 1. The van der Waals surface area contributed by atoms with Gasteiger partial charge in [-0.05, 0) is 25.1 Å². The highest BCUT2D eigenvalue weighted by Gasteiger charge is 2.29. The van der Waals surface area contributed by atoms with E-state index in [0.29, 0.717) is 5.76 Å². The third kappa shape index (κ3) is 5.27. The molecule has 1 fully saturated rings. The zero-order chi connectivity index (χ0) is 17.5. The third-order valence-corrected chi connectivity index (χ3v) is 3.85. The van der Waals surface area contributed by atoms with E-state index in [0.717, 1.165) is 28.5 Å². The lowest BCUT2D eigenvalue weighted by Crippen LogP contribution is -2.38. The predicted octanol–water partition coefficient (Wildman–Crippen LogP) is 0.956. The summed E-state index contributed by atoms with van der Waals surface area (Å²) >= 11 is 0.932. The van der Waals surface area contributed by atoms with Gasteiger partial charge in [0.15, 0.2) is 6.61 Å². The number of thioether (sulfide) groups is 1. The second kappa shape index (κ2) is 8.34. The van der Waals surface area contributed by atoms with Crippen molar-refractivity contribution >= 4 is 40.9 Å². The first-order valence-electron chi connectivity index (χ1n) is 7.11. The number of ether oxygens (including phenoxy) is 1. The highest BCUT2D eigenvalue weighted by molar-refractivity contribution is 8.14. The molecule has 0 spiro atoms. The minimum atomic E-state index is -0.680. The minimum absolute atomic E-state index is 0.0993. The molecule has 128 valence electrons. The van der Waals surface area contributed by atoms with Gasteiger partial charge in [0.2, 0.25) is 5.91 Å². The third-order valence-electron chi connectivity index (χ3n) is 2.99. The number of rotatable bonds is 7. The molecule has 1 N–H and O–H groups in total. The zero-order valence-electron chi connectivity index (χ0n) is 12.9. The fourth-order valence-electron chi connectivity index (χ4n) is 1.83. The van der Waals surface area contributed by atoms with Crippen LogP contribution in [0.25, 0.3) is 6.08 Å². The van der Waals surface area contributed by atoms with Gasteiger partial charge in [0.25, 0.3) is 11.1 Å². The van der Waals surface area contributed by atoms with Crippen LogP contribution in [0.2, 0.25) is 0 Å². The molecule has 24 heavy (non-hydrogen) atoms. The first-order valence-corrected chi connectivity index (χ1v) is 8.09. The first kappa shape index (κ1) is 17.8. The molecule has 0 bridgehead atoms. The number of hydrogen-bond donors (Lipinski definition) is 1. The molecule has 8 nitrogen and oxygen atoms in total. The van der Waals surface area contributed by atoms with Crippen LogP contribution in [0.5, 0.6) is 0 Å². The molecule has 0 saturated carbocycles. The fraction of sp³-hybridized carbons (Fsp3) is 0.333. The summed E-state index contributed by atoms with van der Waals surface area (Å²) in [6, 6.07) is 3.46. The lowest BCUT2D eigenvalue weighted by Gasteiger charge is -2.12. The molecule has 1 saturated heterocycles. The standard InChI is InChI=1S/C15H16N2O6S/c1-10-2-3-11(23-10)4-5-14(20)22-8-12(18)16-6-7-17-13(19)9-24-15(17)21/h2-5H,6-9H2,1H3,(H,16,18)/b5-4+. The molecule has 0 unspecified atom stereocenters. The molecule has 9 heteroatoms. The maximum absolute atomic E-state index is 11.5. The van der Waals surface area contributed by atoms with Crippen molar-refractivity contribution in [1.82, 2.24) is 10.2 Å². The van der Waals surface area contributed by atoms with Crippen LogP contribution >= 0.6 is 11.8 Å². The van der Waals surface area contributed by atoms with Gasteiger partial charge in [-0.2, -0.15) is 0 Å². The number of nitrogens with zero attached hydrogens (tertiary/aromatic N) is 1. The largest absolute Gasteiger partial charge is 0.462 e. The molecular weight excluding hydrogens is 336 g/mol. The quantitative estimate of drug-likeness (QED) is 0.575. The van der Waals surface area contributed by atoms with Crippen molar-refractivity contribution in [3.63, 3.8) is 0 Å². The number of amides is 3. The maximum atomic E-state index is 11.5. The van der Waals surface area contributed by atoms with Crippen molar-refractivity contribution in [2.24, 2.45) is 0 Å². The van der Waals surface area contributed by atoms with Gasteiger partial charge < -0.3 is 14.5 Å². The van der Waals surface area contributed by atoms with Gasteiger partial charge in [-0.15, -0.1) is 0 Å². The van der Waals surface area contributed by atoms with Crippen molar-refractivity contribution in [2.45, 2.75) is 6.92 Å². The molecule has 1 aromatic rings. The second-order valence-corrected chi connectivity index (χ2v) is 5.77. The van der Waals surface area contributed by atoms with Crippen molar-refractivity contribution in [1.29, 1.82) is 0 Å². The zero-order valence-corrected chi connectivity index (χ0v) is 13.8. The number of nitrogens with one attached hydrogen (secondary N) is 1. The number of furan rings is 1. The first-order chi connectivity index (χ1) is 11.5. The van der Waals surface area contributed by atoms with E-state index >= 15 is 0 Å². The van der Waals surface area contributed by atoms with Gasteiger partial charge >= 0.3 is 5.97 Å². The summed E-state index contributed by atoms with van der Waals surface area (Å²) in [7, 11) is 0. The van der Waals surface area contributed by atoms with Crippen molar-refractivity contribution < 1.29 is 28.3 Å². The molecule has 1 aliphatic rings. The Kier molecular flexibility index (Phi) is 6.19. The van der Waals surface area contributed by atoms with Crippen LogP contribution in [0.15, 0.2) is 22.6 Å². The smallest absolute Gasteiger partial charge is 0.331 e. The van der Waals surface area contributed by atoms with Crippen LogP contribution in [-0.4, -0.2) is 53.4 Å². The summed E-state index contributed by atoms with van der Waals surface area (Å²) in [6.45, 7) is 1.54. The number of hydrogen-bond acceptors (Lipinski definition) is 7. The Bertz CT molecular complexity index is 665. The van der Waals surface area contributed by atoms with Gasteiger partial charge in [0.05, 0.1) is 5.75 Å². The van der Waals surface area contributed by atoms with Gasteiger partial charge in [0.1, 0.15) is 11.5 Å². The molecule has 2 heterocycles. The van der Waals surface area contributed by atoms with E-state index in [2.05, 4.69) is 5.32 Å². The Morgan fingerprint density at radius 3 is 2.83 bits per heavy atom. The van der Waals surface area contributed by atoms with Crippen molar-refractivity contribution in [3.05, 3.63) is 29.7 Å². The van der Waals surface area contributed by atoms with E-state index in [1.807, 2.05) is 0 Å². The van der Waals surface area contributed by atoms with E-state index < -0.39 is 18.5 Å². The molecular formula is C15H16N2O6S. The molecule has 0 aromatic carbocycles. The van der Waals surface area contributed by atoms with E-state index in [1.165, 1.54) is 6.08 Å². The van der Waals surface area contributed by atoms with E-state index in [-0.39, 0.29) is 30.0 Å². The summed E-state index contributed by atoms with van der Waals surface area (Å²) in [5, 5.41) is 2.15. The van der Waals surface area contributed by atoms with E-state index in [4.69, 9.17) is 9.15 Å². The Balaban J connectivity index is 1.64. The highest BCUT2D eigenvalue weighted by atomic mass is 32.2. The molecule has 1 aromatic heterocycles. The highest BCUT2D eigenvalue weighted by Crippen LogP contribution is 2.17. The van der Waals surface area contributed by atoms with E-state index in [1.54, 1.807) is 19.1 Å². The van der Waals surface area contributed by atoms with Crippen LogP contribution in [0, 0.1) is 6.92 Å². The van der Waals surface area contributed by atoms with E-state index in [9.17, 15) is 19.2 Å². The Morgan fingerprint density at radius 2 is 2.21 bits per heavy atom. The number of carbonyl (C=O) groups excluding carboxylic acids is 4. The fourth-order valence-corrected chi connectivity index (χ4v) is 2.58. The minimum Gasteiger partial charge on any atom is -0.462 e. The summed E-state index contributed by atoms with van der Waals surface area (Å²) < 4.78 is 10.0. The summed E-state index contributed by atoms with van der Waals surface area (Å²) in [4.78, 5) is 46.8. The molecule has 2 rings (SSSR count). The average Bonchev–Trinajstić information content (AvgIpc) is 3.10. The molecule has 1 aliphatic heterocycles. The SMILES string of the molecule is Cc1ccc(/C=C/C(=O)OCC(=O)NCCN2C(=O)CSC2=O)o1. The van der Waals surface area contributed by atoms with Crippen LogP contribution in [-0.2, 0) is 19.1 Å². The topological polar surface area (TPSA) is 106 Å². The number of imide groups is 1. The second-order valence-electron chi connectivity index (χ2n) is 4.84. The van der Waals surface area contributed by atoms with Gasteiger partial charge in [-0.25, -0.2) is 4.79 Å². The summed E-state index contributed by atoms with van der Waals surface area (Å²) in [5.41, 5.74) is 0. The Morgan fingerprint density at radius 1 is 1.42 bits per heavy atom. The van der Waals surface area contributed by atoms with Gasteiger partial charge in [-0.1, -0.05) is 11.8 Å².